The minimum atomic E-state index is -1.55. The number of esters is 1. The maximum Gasteiger partial charge on any atom is 0.324 e. The summed E-state index contributed by atoms with van der Waals surface area (Å²) in [7, 11) is 0. The van der Waals surface area contributed by atoms with Gasteiger partial charge in [-0.25, -0.2) is 0 Å². The summed E-state index contributed by atoms with van der Waals surface area (Å²) in [6.07, 6.45) is 0. The summed E-state index contributed by atoms with van der Waals surface area (Å²) in [5.74, 6) is -3.76. The Bertz CT molecular complexity index is 644. The second-order valence-corrected chi connectivity index (χ2v) is 4.70. The molecule has 0 N–H and O–H groups in total. The number of rotatable bonds is 2. The van der Waals surface area contributed by atoms with E-state index in [-0.39, 0.29) is 12.2 Å². The molecular formula is C15H13NO4. The van der Waals surface area contributed by atoms with Crippen molar-refractivity contribution >= 4 is 17.5 Å². The molecule has 1 aromatic rings. The quantitative estimate of drug-likeness (QED) is 0.599. The highest BCUT2D eigenvalue weighted by Crippen LogP contribution is 2.37. The van der Waals surface area contributed by atoms with Gasteiger partial charge in [0.25, 0.3) is 0 Å². The molecule has 0 heterocycles. The zero-order chi connectivity index (χ0) is 14.9. The molecule has 1 aliphatic carbocycles. The molecule has 0 aliphatic heterocycles. The molecule has 2 rings (SSSR count). The first-order valence-electron chi connectivity index (χ1n) is 6.23. The van der Waals surface area contributed by atoms with E-state index in [1.807, 2.05) is 6.07 Å². The van der Waals surface area contributed by atoms with Crippen LogP contribution in [0, 0.1) is 17.2 Å². The van der Waals surface area contributed by atoms with Gasteiger partial charge in [0.2, 0.25) is 0 Å². The number of ether oxygens (including phenoxy) is 1. The Morgan fingerprint density at radius 2 is 2.05 bits per heavy atom. The van der Waals surface area contributed by atoms with Gasteiger partial charge in [0, 0.05) is 5.56 Å². The molecular weight excluding hydrogens is 258 g/mol. The topological polar surface area (TPSA) is 84.2 Å². The molecule has 5 nitrogen and oxygen atoms in total. The lowest BCUT2D eigenvalue weighted by molar-refractivity contribution is -0.150. The van der Waals surface area contributed by atoms with Crippen LogP contribution in [0.25, 0.3) is 0 Å². The van der Waals surface area contributed by atoms with Crippen LogP contribution in [-0.2, 0) is 19.7 Å². The predicted molar refractivity (Wildman–Crippen MR) is 68.9 cm³/mol. The van der Waals surface area contributed by atoms with E-state index in [1.165, 1.54) is 13.0 Å². The first-order chi connectivity index (χ1) is 9.47. The maximum atomic E-state index is 12.4. The number of Topliss-reactive ketones (excluding diaryl/α,β-unsaturated/α-hetero) is 2. The first kappa shape index (κ1) is 13.9. The van der Waals surface area contributed by atoms with Crippen molar-refractivity contribution in [3.05, 3.63) is 35.4 Å². The number of hydrogen-bond acceptors (Lipinski definition) is 5. The number of fused-ring (bicyclic) bond motifs is 1. The van der Waals surface area contributed by atoms with Gasteiger partial charge >= 0.3 is 5.97 Å². The maximum absolute atomic E-state index is 12.4. The molecule has 0 radical (unpaired) electrons. The minimum Gasteiger partial charge on any atom is -0.465 e. The Labute approximate surface area is 116 Å². The monoisotopic (exact) mass is 271 g/mol. The second-order valence-electron chi connectivity index (χ2n) is 4.70. The van der Waals surface area contributed by atoms with Crippen LogP contribution in [0.15, 0.2) is 24.3 Å². The van der Waals surface area contributed by atoms with Crippen LogP contribution >= 0.6 is 0 Å². The molecule has 5 heteroatoms. The van der Waals surface area contributed by atoms with Crippen molar-refractivity contribution in [3.63, 3.8) is 0 Å². The van der Waals surface area contributed by atoms with Crippen molar-refractivity contribution in [1.29, 1.82) is 5.26 Å². The summed E-state index contributed by atoms with van der Waals surface area (Å²) in [4.78, 5) is 36.6. The van der Waals surface area contributed by atoms with Crippen molar-refractivity contribution in [1.82, 2.24) is 0 Å². The number of hydrogen-bond donors (Lipinski definition) is 0. The molecule has 0 bridgehead atoms. The third-order valence-electron chi connectivity index (χ3n) is 3.49. The number of ketones is 2. The summed E-state index contributed by atoms with van der Waals surface area (Å²) in [6.45, 7) is 3.08. The van der Waals surface area contributed by atoms with Gasteiger partial charge in [0.05, 0.1) is 12.7 Å². The molecule has 102 valence electrons. The predicted octanol–water partition coefficient (Wildman–Crippen LogP) is 1.41. The lowest BCUT2D eigenvalue weighted by Gasteiger charge is -2.31. The van der Waals surface area contributed by atoms with Crippen LogP contribution in [-0.4, -0.2) is 24.1 Å². The fourth-order valence-corrected chi connectivity index (χ4v) is 2.38. The van der Waals surface area contributed by atoms with Crippen LogP contribution < -0.4 is 0 Å². The highest BCUT2D eigenvalue weighted by atomic mass is 16.5. The normalized spacial score (nSPS) is 24.8. The molecule has 20 heavy (non-hydrogen) atoms. The number of nitriles is 1. The summed E-state index contributed by atoms with van der Waals surface area (Å²) in [5.41, 5.74) is -0.936. The van der Waals surface area contributed by atoms with Crippen LogP contribution in [0.4, 0.5) is 0 Å². The average molecular weight is 271 g/mol. The van der Waals surface area contributed by atoms with Gasteiger partial charge in [0.15, 0.2) is 17.5 Å². The van der Waals surface area contributed by atoms with E-state index in [2.05, 4.69) is 0 Å². The van der Waals surface area contributed by atoms with Gasteiger partial charge in [-0.3, -0.25) is 14.4 Å². The fourth-order valence-electron chi connectivity index (χ4n) is 2.38. The summed E-state index contributed by atoms with van der Waals surface area (Å²) >= 11 is 0. The number of carbonyl (C=O) groups excluding carboxylic acids is 3. The van der Waals surface area contributed by atoms with Crippen molar-refractivity contribution in [2.24, 2.45) is 5.92 Å². The minimum absolute atomic E-state index is 0.0702. The second kappa shape index (κ2) is 4.89. The largest absolute Gasteiger partial charge is 0.465 e. The highest BCUT2D eigenvalue weighted by Gasteiger charge is 2.52. The molecule has 0 amide bonds. The zero-order valence-corrected chi connectivity index (χ0v) is 11.2. The van der Waals surface area contributed by atoms with Crippen LogP contribution in [0.1, 0.15) is 29.8 Å². The summed E-state index contributed by atoms with van der Waals surface area (Å²) in [6, 6.07) is 8.29. The number of nitrogens with zero attached hydrogens (tertiary/aromatic N) is 1. The molecule has 1 aliphatic rings. The van der Waals surface area contributed by atoms with Gasteiger partial charge in [-0.15, -0.1) is 0 Å². The summed E-state index contributed by atoms with van der Waals surface area (Å²) in [5, 5.41) is 9.35. The van der Waals surface area contributed by atoms with E-state index in [1.54, 1.807) is 25.1 Å². The van der Waals surface area contributed by atoms with Crippen molar-refractivity contribution in [2.45, 2.75) is 19.3 Å². The zero-order valence-electron chi connectivity index (χ0n) is 11.2. The van der Waals surface area contributed by atoms with E-state index in [9.17, 15) is 19.6 Å². The molecule has 1 aromatic carbocycles. The third kappa shape index (κ3) is 1.81. The first-order valence-corrected chi connectivity index (χ1v) is 6.23. The highest BCUT2D eigenvalue weighted by molar-refractivity contribution is 6.28. The molecule has 2 unspecified atom stereocenters. The van der Waals surface area contributed by atoms with Gasteiger partial charge < -0.3 is 4.74 Å². The van der Waals surface area contributed by atoms with E-state index in [0.29, 0.717) is 5.56 Å². The molecule has 0 saturated heterocycles. The van der Waals surface area contributed by atoms with Crippen LogP contribution in [0.3, 0.4) is 0 Å². The Morgan fingerprint density at radius 3 is 2.65 bits per heavy atom. The SMILES string of the molecule is CCOC(=O)C1C(=O)c2ccccc2C(C)(C#N)C1=O. The van der Waals surface area contributed by atoms with E-state index in [4.69, 9.17) is 4.74 Å². The molecule has 0 spiro atoms. The smallest absolute Gasteiger partial charge is 0.324 e. The van der Waals surface area contributed by atoms with Crippen LogP contribution in [0.2, 0.25) is 0 Å². The molecule has 0 aromatic heterocycles. The average Bonchev–Trinajstić information content (AvgIpc) is 2.45. The van der Waals surface area contributed by atoms with Gasteiger partial charge in [-0.2, -0.15) is 5.26 Å². The van der Waals surface area contributed by atoms with Gasteiger partial charge in [-0.05, 0) is 19.4 Å². The van der Waals surface area contributed by atoms with Crippen molar-refractivity contribution in [2.75, 3.05) is 6.61 Å². The Morgan fingerprint density at radius 1 is 1.40 bits per heavy atom. The Balaban J connectivity index is 2.63. The van der Waals surface area contributed by atoms with Crippen LogP contribution in [0.5, 0.6) is 0 Å². The van der Waals surface area contributed by atoms with Gasteiger partial charge in [0.1, 0.15) is 5.41 Å². The van der Waals surface area contributed by atoms with E-state index < -0.39 is 28.9 Å². The van der Waals surface area contributed by atoms with E-state index >= 15 is 0 Å². The molecule has 0 fully saturated rings. The lowest BCUT2D eigenvalue weighted by atomic mass is 9.66. The molecule has 2 atom stereocenters. The standard InChI is InChI=1S/C15H13NO4/c1-3-20-14(19)11-12(17)9-6-4-5-7-10(9)15(2,8-16)13(11)18/h4-7,11H,3H2,1-2H3. The third-order valence-corrected chi connectivity index (χ3v) is 3.49. The van der Waals surface area contributed by atoms with Crippen molar-refractivity contribution < 1.29 is 19.1 Å². The number of benzene rings is 1. The summed E-state index contributed by atoms with van der Waals surface area (Å²) < 4.78 is 4.79. The number of carbonyl (C=O) groups is 3. The van der Waals surface area contributed by atoms with E-state index in [0.717, 1.165) is 0 Å². The molecule has 0 saturated carbocycles. The fraction of sp³-hybridized carbons (Fsp3) is 0.333. The van der Waals surface area contributed by atoms with Crippen molar-refractivity contribution in [3.8, 4) is 6.07 Å². The Hall–Kier alpha value is -2.48. The van der Waals surface area contributed by atoms with Gasteiger partial charge in [-0.1, -0.05) is 24.3 Å². The Kier molecular flexibility index (Phi) is 3.41. The lowest BCUT2D eigenvalue weighted by Crippen LogP contribution is -2.49.